The number of hydrogen-bond donors (Lipinski definition) is 0. The quantitative estimate of drug-likeness (QED) is 0.662. The molecule has 0 aliphatic carbocycles. The molecule has 4 heteroatoms. The van der Waals surface area contributed by atoms with Crippen LogP contribution in [0, 0.1) is 11.3 Å². The van der Waals surface area contributed by atoms with Crippen molar-refractivity contribution in [1.29, 1.82) is 5.26 Å². The second kappa shape index (κ2) is 7.94. The smallest absolute Gasteiger partial charge is 0.0976 e. The van der Waals surface area contributed by atoms with Crippen molar-refractivity contribution in [3.8, 4) is 6.07 Å². The molecule has 0 aromatic rings. The van der Waals surface area contributed by atoms with E-state index in [4.69, 9.17) is 5.26 Å². The summed E-state index contributed by atoms with van der Waals surface area (Å²) in [5, 5.41) is 9.01. The lowest BCUT2D eigenvalue weighted by Gasteiger charge is -2.36. The number of nitrogens with zero attached hydrogens (tertiary/aromatic N) is 3. The first-order valence-electron chi connectivity index (χ1n) is 6.25. The van der Waals surface area contributed by atoms with Crippen LogP contribution in [-0.2, 0) is 0 Å². The van der Waals surface area contributed by atoms with Crippen LogP contribution in [0.3, 0.4) is 0 Å². The van der Waals surface area contributed by atoms with Crippen LogP contribution in [0.5, 0.6) is 0 Å². The molecule has 3 nitrogen and oxygen atoms in total. The van der Waals surface area contributed by atoms with Gasteiger partial charge in [0.15, 0.2) is 0 Å². The molecule has 0 bridgehead atoms. The molecule has 0 radical (unpaired) electrons. The average molecular weight is 241 g/mol. The van der Waals surface area contributed by atoms with Crippen LogP contribution in [0.2, 0.25) is 0 Å². The molecule has 0 aromatic heterocycles. The van der Waals surface area contributed by atoms with E-state index in [0.29, 0.717) is 0 Å². The average Bonchev–Trinajstić information content (AvgIpc) is 2.33. The molecule has 1 aliphatic heterocycles. The summed E-state index contributed by atoms with van der Waals surface area (Å²) in [6.07, 6.45) is 0.947. The molecule has 1 aliphatic rings. The zero-order valence-corrected chi connectivity index (χ0v) is 11.3. The summed E-state index contributed by atoms with van der Waals surface area (Å²) in [4.78, 5) is 4.84. The lowest BCUT2D eigenvalue weighted by Crippen LogP contribution is -2.50. The Morgan fingerprint density at radius 3 is 2.44 bits per heavy atom. The zero-order chi connectivity index (χ0) is 11.8. The standard InChI is InChI=1S/C12H23N3S/c1-3-12(11-13)15-7-5-14(6-8-15)9-10-16-4-2/h12H,3-10H2,1-2H3. The molecule has 1 rings (SSSR count). The minimum absolute atomic E-state index is 0.132. The van der Waals surface area contributed by atoms with Gasteiger partial charge < -0.3 is 0 Å². The van der Waals surface area contributed by atoms with Gasteiger partial charge in [-0.1, -0.05) is 13.8 Å². The van der Waals surface area contributed by atoms with Crippen LogP contribution in [0.4, 0.5) is 0 Å². The first-order chi connectivity index (χ1) is 7.81. The van der Waals surface area contributed by atoms with Crippen molar-refractivity contribution in [3.63, 3.8) is 0 Å². The predicted molar refractivity (Wildman–Crippen MR) is 70.7 cm³/mol. The summed E-state index contributed by atoms with van der Waals surface area (Å²) in [6, 6.07) is 2.52. The van der Waals surface area contributed by atoms with Crippen LogP contribution < -0.4 is 0 Å². The van der Waals surface area contributed by atoms with E-state index in [1.54, 1.807) is 0 Å². The van der Waals surface area contributed by atoms with E-state index in [2.05, 4.69) is 29.7 Å². The monoisotopic (exact) mass is 241 g/mol. The van der Waals surface area contributed by atoms with Crippen molar-refractivity contribution in [2.75, 3.05) is 44.2 Å². The lowest BCUT2D eigenvalue weighted by atomic mass is 10.2. The SMILES string of the molecule is CCSCCN1CCN(C(C#N)CC)CC1. The molecule has 0 saturated carbocycles. The van der Waals surface area contributed by atoms with Crippen LogP contribution >= 0.6 is 11.8 Å². The van der Waals surface area contributed by atoms with E-state index < -0.39 is 0 Å². The summed E-state index contributed by atoms with van der Waals surface area (Å²) in [7, 11) is 0. The molecular formula is C12H23N3S. The van der Waals surface area contributed by atoms with E-state index in [9.17, 15) is 0 Å². The van der Waals surface area contributed by atoms with Gasteiger partial charge in [0.25, 0.3) is 0 Å². The van der Waals surface area contributed by atoms with E-state index in [1.807, 2.05) is 11.8 Å². The van der Waals surface area contributed by atoms with Gasteiger partial charge >= 0.3 is 0 Å². The van der Waals surface area contributed by atoms with Crippen LogP contribution in [-0.4, -0.2) is 60.1 Å². The maximum Gasteiger partial charge on any atom is 0.0976 e. The molecule has 0 N–H and O–H groups in total. The second-order valence-corrected chi connectivity index (χ2v) is 5.52. The van der Waals surface area contributed by atoms with E-state index in [1.165, 1.54) is 18.1 Å². The number of hydrogen-bond acceptors (Lipinski definition) is 4. The van der Waals surface area contributed by atoms with Crippen LogP contribution in [0.25, 0.3) is 0 Å². The Labute approximate surface area is 104 Å². The van der Waals surface area contributed by atoms with E-state index in [-0.39, 0.29) is 6.04 Å². The molecular weight excluding hydrogens is 218 g/mol. The molecule has 92 valence electrons. The van der Waals surface area contributed by atoms with Crippen molar-refractivity contribution < 1.29 is 0 Å². The van der Waals surface area contributed by atoms with Gasteiger partial charge in [-0.2, -0.15) is 17.0 Å². The third kappa shape index (κ3) is 4.32. The van der Waals surface area contributed by atoms with Gasteiger partial charge in [-0.3, -0.25) is 9.80 Å². The zero-order valence-electron chi connectivity index (χ0n) is 10.5. The van der Waals surface area contributed by atoms with Gasteiger partial charge in [-0.15, -0.1) is 0 Å². The van der Waals surface area contributed by atoms with Gasteiger partial charge in [-0.05, 0) is 12.2 Å². The van der Waals surface area contributed by atoms with Gasteiger partial charge in [0.05, 0.1) is 12.1 Å². The highest BCUT2D eigenvalue weighted by atomic mass is 32.2. The fourth-order valence-corrected chi connectivity index (χ4v) is 2.74. The minimum Gasteiger partial charge on any atom is -0.300 e. The number of piperazine rings is 1. The Kier molecular flexibility index (Phi) is 6.86. The van der Waals surface area contributed by atoms with Crippen molar-refractivity contribution in [2.45, 2.75) is 26.3 Å². The molecule has 0 amide bonds. The summed E-state index contributed by atoms with van der Waals surface area (Å²) < 4.78 is 0. The summed E-state index contributed by atoms with van der Waals surface area (Å²) in [5.74, 6) is 2.46. The molecule has 1 atom stereocenters. The largest absolute Gasteiger partial charge is 0.300 e. The first kappa shape index (κ1) is 13.8. The summed E-state index contributed by atoms with van der Waals surface area (Å²) >= 11 is 2.01. The fourth-order valence-electron chi connectivity index (χ4n) is 2.07. The summed E-state index contributed by atoms with van der Waals surface area (Å²) in [6.45, 7) is 9.88. The molecule has 0 spiro atoms. The van der Waals surface area contributed by atoms with Gasteiger partial charge in [0.1, 0.15) is 0 Å². The minimum atomic E-state index is 0.132. The molecule has 1 saturated heterocycles. The Hall–Kier alpha value is -0.240. The predicted octanol–water partition coefficient (Wildman–Crippen LogP) is 1.66. The Morgan fingerprint density at radius 2 is 1.94 bits per heavy atom. The lowest BCUT2D eigenvalue weighted by molar-refractivity contribution is 0.117. The molecule has 0 aromatic carbocycles. The van der Waals surface area contributed by atoms with Crippen molar-refractivity contribution >= 4 is 11.8 Å². The van der Waals surface area contributed by atoms with Gasteiger partial charge in [0, 0.05) is 38.5 Å². The number of rotatable bonds is 6. The molecule has 1 heterocycles. The van der Waals surface area contributed by atoms with E-state index >= 15 is 0 Å². The van der Waals surface area contributed by atoms with Crippen molar-refractivity contribution in [1.82, 2.24) is 9.80 Å². The topological polar surface area (TPSA) is 30.3 Å². The van der Waals surface area contributed by atoms with Crippen molar-refractivity contribution in [3.05, 3.63) is 0 Å². The number of nitriles is 1. The normalized spacial score (nSPS) is 20.6. The first-order valence-corrected chi connectivity index (χ1v) is 7.41. The molecule has 16 heavy (non-hydrogen) atoms. The fraction of sp³-hybridized carbons (Fsp3) is 0.917. The molecule has 1 unspecified atom stereocenters. The highest BCUT2D eigenvalue weighted by Crippen LogP contribution is 2.09. The van der Waals surface area contributed by atoms with Crippen LogP contribution in [0.15, 0.2) is 0 Å². The highest BCUT2D eigenvalue weighted by Gasteiger charge is 2.21. The highest BCUT2D eigenvalue weighted by molar-refractivity contribution is 7.99. The molecule has 1 fully saturated rings. The van der Waals surface area contributed by atoms with Crippen molar-refractivity contribution in [2.24, 2.45) is 0 Å². The van der Waals surface area contributed by atoms with Crippen LogP contribution in [0.1, 0.15) is 20.3 Å². The third-order valence-corrected chi connectivity index (χ3v) is 4.02. The maximum absolute atomic E-state index is 9.01. The second-order valence-electron chi connectivity index (χ2n) is 4.13. The number of thioether (sulfide) groups is 1. The maximum atomic E-state index is 9.01. The Bertz CT molecular complexity index is 219. The summed E-state index contributed by atoms with van der Waals surface area (Å²) in [5.41, 5.74) is 0. The van der Waals surface area contributed by atoms with E-state index in [0.717, 1.165) is 32.6 Å². The van der Waals surface area contributed by atoms with Gasteiger partial charge in [0.2, 0.25) is 0 Å². The van der Waals surface area contributed by atoms with Gasteiger partial charge in [-0.25, -0.2) is 0 Å². The Morgan fingerprint density at radius 1 is 1.25 bits per heavy atom. The third-order valence-electron chi connectivity index (χ3n) is 3.14. The Balaban J connectivity index is 2.20.